The first-order valence-electron chi connectivity index (χ1n) is 17.7. The highest BCUT2D eigenvalue weighted by atomic mass is 16.3. The highest BCUT2D eigenvalue weighted by Gasteiger charge is 2.20. The van der Waals surface area contributed by atoms with Crippen LogP contribution < -0.4 is 4.90 Å². The maximum Gasteiger partial charge on any atom is 0.135 e. The van der Waals surface area contributed by atoms with Crippen LogP contribution in [0.2, 0.25) is 0 Å². The summed E-state index contributed by atoms with van der Waals surface area (Å²) in [5.74, 6) is 0.872. The van der Waals surface area contributed by atoms with Crippen molar-refractivity contribution in [3.63, 3.8) is 0 Å². The minimum Gasteiger partial charge on any atom is -0.456 e. The Morgan fingerprint density at radius 3 is 1.44 bits per heavy atom. The van der Waals surface area contributed by atoms with Gasteiger partial charge in [0.1, 0.15) is 11.3 Å². The molecule has 0 saturated heterocycles. The molecule has 8 aromatic carbocycles. The quantitative estimate of drug-likeness (QED) is 0.161. The number of para-hydroxylation sites is 3. The molecule has 0 amide bonds. The topological polar surface area (TPSA) is 16.4 Å². The minimum absolute atomic E-state index is 0.872. The summed E-state index contributed by atoms with van der Waals surface area (Å²) in [5, 5.41) is 1.11. The van der Waals surface area contributed by atoms with Gasteiger partial charge in [-0.25, -0.2) is 0 Å². The van der Waals surface area contributed by atoms with Crippen molar-refractivity contribution in [2.24, 2.45) is 0 Å². The predicted molar refractivity (Wildman–Crippen MR) is 218 cm³/mol. The van der Waals surface area contributed by atoms with Gasteiger partial charge in [-0.05, 0) is 75.8 Å². The zero-order chi connectivity index (χ0) is 34.7. The van der Waals surface area contributed by atoms with E-state index in [0.717, 1.165) is 61.6 Å². The Morgan fingerprint density at radius 2 is 0.769 bits per heavy atom. The molecule has 0 atom stereocenters. The molecule has 0 aliphatic carbocycles. The van der Waals surface area contributed by atoms with Gasteiger partial charge < -0.3 is 9.32 Å². The van der Waals surface area contributed by atoms with Crippen LogP contribution in [0.4, 0.5) is 17.1 Å². The van der Waals surface area contributed by atoms with Crippen LogP contribution in [-0.4, -0.2) is 0 Å². The summed E-state index contributed by atoms with van der Waals surface area (Å²) >= 11 is 0. The SMILES string of the molecule is c1ccc(-c2ccc(-c3ccccc3N(c3ccc(-c4cccc(-c5cc6ccccc6o5)c4)cc3)c3ccccc3-c3ccccc3)cc2)cc1. The summed E-state index contributed by atoms with van der Waals surface area (Å²) in [6.45, 7) is 0. The van der Waals surface area contributed by atoms with Gasteiger partial charge in [0.25, 0.3) is 0 Å². The number of hydrogen-bond donors (Lipinski definition) is 0. The predicted octanol–water partition coefficient (Wildman–Crippen LogP) is 14.2. The molecule has 1 aromatic heterocycles. The molecule has 0 aliphatic heterocycles. The summed E-state index contributed by atoms with van der Waals surface area (Å²) < 4.78 is 6.21. The first-order valence-corrected chi connectivity index (χ1v) is 17.7. The lowest BCUT2D eigenvalue weighted by atomic mass is 9.96. The number of nitrogens with zero attached hydrogens (tertiary/aromatic N) is 1. The Kier molecular flexibility index (Phi) is 8.24. The fraction of sp³-hybridized carbons (Fsp3) is 0. The molecule has 2 heteroatoms. The molecule has 0 fully saturated rings. The van der Waals surface area contributed by atoms with Crippen molar-refractivity contribution < 1.29 is 4.42 Å². The lowest BCUT2D eigenvalue weighted by molar-refractivity contribution is 0.631. The Bertz CT molecular complexity index is 2570. The number of benzene rings is 8. The Balaban J connectivity index is 1.14. The molecule has 246 valence electrons. The maximum atomic E-state index is 6.21. The first kappa shape index (κ1) is 31.1. The Labute approximate surface area is 304 Å². The van der Waals surface area contributed by atoms with Crippen molar-refractivity contribution in [3.05, 3.63) is 212 Å². The molecule has 0 saturated carbocycles. The molecule has 0 spiro atoms. The average molecular weight is 666 g/mol. The maximum absolute atomic E-state index is 6.21. The third kappa shape index (κ3) is 6.08. The average Bonchev–Trinajstić information content (AvgIpc) is 3.67. The van der Waals surface area contributed by atoms with Crippen LogP contribution in [0.3, 0.4) is 0 Å². The standard InChI is InChI=1S/C50H35NO/c1-3-14-36(15-4-1)37-26-28-40(29-27-37)46-22-9-11-24-48(46)51(47-23-10-8-21-45(47)39-16-5-2-6-17-39)44-32-30-38(31-33-44)41-19-13-20-42(34-41)50-35-43-18-7-12-25-49(43)52-50/h1-35H. The van der Waals surface area contributed by atoms with E-state index in [0.29, 0.717) is 0 Å². The highest BCUT2D eigenvalue weighted by Crippen LogP contribution is 2.45. The van der Waals surface area contributed by atoms with Gasteiger partial charge in [-0.2, -0.15) is 0 Å². The van der Waals surface area contributed by atoms with Gasteiger partial charge in [-0.1, -0.05) is 170 Å². The number of fused-ring (bicyclic) bond motifs is 1. The van der Waals surface area contributed by atoms with Gasteiger partial charge in [0.2, 0.25) is 0 Å². The van der Waals surface area contributed by atoms with Gasteiger partial charge in [0, 0.05) is 27.8 Å². The molecule has 0 bridgehead atoms. The van der Waals surface area contributed by atoms with Crippen LogP contribution in [-0.2, 0) is 0 Å². The van der Waals surface area contributed by atoms with E-state index in [1.165, 1.54) is 22.3 Å². The molecule has 9 rings (SSSR count). The second kappa shape index (κ2) is 13.8. The summed E-state index contributed by atoms with van der Waals surface area (Å²) in [6.07, 6.45) is 0. The highest BCUT2D eigenvalue weighted by molar-refractivity contribution is 5.94. The minimum atomic E-state index is 0.872. The largest absolute Gasteiger partial charge is 0.456 e. The van der Waals surface area contributed by atoms with Crippen molar-refractivity contribution in [1.82, 2.24) is 0 Å². The molecular formula is C50H35NO. The summed E-state index contributed by atoms with van der Waals surface area (Å²) in [4.78, 5) is 2.40. The summed E-state index contributed by atoms with van der Waals surface area (Å²) in [6, 6.07) is 75.3. The summed E-state index contributed by atoms with van der Waals surface area (Å²) in [5.41, 5.74) is 14.6. The fourth-order valence-corrected chi connectivity index (χ4v) is 7.10. The van der Waals surface area contributed by atoms with Crippen molar-refractivity contribution >= 4 is 28.0 Å². The van der Waals surface area contributed by atoms with Crippen molar-refractivity contribution in [3.8, 4) is 55.8 Å². The van der Waals surface area contributed by atoms with Gasteiger partial charge in [-0.3, -0.25) is 0 Å². The summed E-state index contributed by atoms with van der Waals surface area (Å²) in [7, 11) is 0. The van der Waals surface area contributed by atoms with Crippen molar-refractivity contribution in [1.29, 1.82) is 0 Å². The van der Waals surface area contributed by atoms with Crippen LogP contribution >= 0.6 is 0 Å². The monoisotopic (exact) mass is 665 g/mol. The number of anilines is 3. The fourth-order valence-electron chi connectivity index (χ4n) is 7.10. The molecule has 1 heterocycles. The van der Waals surface area contributed by atoms with E-state index >= 15 is 0 Å². The van der Waals surface area contributed by atoms with E-state index in [1.807, 2.05) is 18.2 Å². The Hall–Kier alpha value is -6.90. The molecule has 0 radical (unpaired) electrons. The smallest absolute Gasteiger partial charge is 0.135 e. The van der Waals surface area contributed by atoms with E-state index in [2.05, 4.69) is 199 Å². The van der Waals surface area contributed by atoms with Crippen LogP contribution in [0, 0.1) is 0 Å². The zero-order valence-corrected chi connectivity index (χ0v) is 28.6. The second-order valence-corrected chi connectivity index (χ2v) is 13.0. The van der Waals surface area contributed by atoms with Gasteiger partial charge in [0.05, 0.1) is 11.4 Å². The lowest BCUT2D eigenvalue weighted by Crippen LogP contribution is -2.12. The normalized spacial score (nSPS) is 11.1. The third-order valence-electron chi connectivity index (χ3n) is 9.71. The van der Waals surface area contributed by atoms with E-state index < -0.39 is 0 Å². The number of hydrogen-bond acceptors (Lipinski definition) is 2. The number of rotatable bonds is 8. The molecule has 0 unspecified atom stereocenters. The molecule has 2 nitrogen and oxygen atoms in total. The molecule has 52 heavy (non-hydrogen) atoms. The van der Waals surface area contributed by atoms with Crippen molar-refractivity contribution in [2.75, 3.05) is 4.90 Å². The molecule has 0 N–H and O–H groups in total. The van der Waals surface area contributed by atoms with E-state index in [4.69, 9.17) is 4.42 Å². The van der Waals surface area contributed by atoms with Gasteiger partial charge in [-0.15, -0.1) is 0 Å². The Morgan fingerprint density at radius 1 is 0.308 bits per heavy atom. The zero-order valence-electron chi connectivity index (χ0n) is 28.6. The van der Waals surface area contributed by atoms with Gasteiger partial charge in [0.15, 0.2) is 0 Å². The van der Waals surface area contributed by atoms with E-state index in [1.54, 1.807) is 0 Å². The van der Waals surface area contributed by atoms with E-state index in [9.17, 15) is 0 Å². The molecule has 0 aliphatic rings. The molecular weight excluding hydrogens is 631 g/mol. The third-order valence-corrected chi connectivity index (χ3v) is 9.71. The van der Waals surface area contributed by atoms with Crippen LogP contribution in [0.15, 0.2) is 217 Å². The molecule has 9 aromatic rings. The number of furan rings is 1. The van der Waals surface area contributed by atoms with Crippen LogP contribution in [0.5, 0.6) is 0 Å². The van der Waals surface area contributed by atoms with E-state index in [-0.39, 0.29) is 0 Å². The van der Waals surface area contributed by atoms with Crippen LogP contribution in [0.25, 0.3) is 66.8 Å². The first-order chi connectivity index (χ1) is 25.8. The van der Waals surface area contributed by atoms with Gasteiger partial charge >= 0.3 is 0 Å². The second-order valence-electron chi connectivity index (χ2n) is 13.0. The van der Waals surface area contributed by atoms with Crippen molar-refractivity contribution in [2.45, 2.75) is 0 Å². The lowest BCUT2D eigenvalue weighted by Gasteiger charge is -2.30. The van der Waals surface area contributed by atoms with Crippen LogP contribution in [0.1, 0.15) is 0 Å².